The fourth-order valence-corrected chi connectivity index (χ4v) is 2.76. The lowest BCUT2D eigenvalue weighted by atomic mass is 10.1. The Morgan fingerprint density at radius 1 is 1.26 bits per heavy atom. The first-order valence-electron chi connectivity index (χ1n) is 5.77. The standard InChI is InChI=1S/C15H13FO2S/c1-10-3-2-4-13(7-10)19-9-11-5-6-12(16)8-14(11)15(17)18/h2-8H,9H2,1H3,(H,17,18). The van der Waals surface area contributed by atoms with E-state index in [1.165, 1.54) is 23.9 Å². The van der Waals surface area contributed by atoms with Crippen LogP contribution in [-0.2, 0) is 5.75 Å². The summed E-state index contributed by atoms with van der Waals surface area (Å²) in [6.07, 6.45) is 0. The molecule has 2 rings (SSSR count). The molecule has 0 aromatic heterocycles. The smallest absolute Gasteiger partial charge is 0.336 e. The predicted molar refractivity (Wildman–Crippen MR) is 74.1 cm³/mol. The van der Waals surface area contributed by atoms with Gasteiger partial charge in [0.25, 0.3) is 0 Å². The zero-order chi connectivity index (χ0) is 13.8. The summed E-state index contributed by atoms with van der Waals surface area (Å²) in [5.74, 6) is -1.12. The molecule has 0 bridgehead atoms. The van der Waals surface area contributed by atoms with E-state index in [0.717, 1.165) is 16.5 Å². The van der Waals surface area contributed by atoms with Crippen LogP contribution in [0.3, 0.4) is 0 Å². The van der Waals surface area contributed by atoms with E-state index < -0.39 is 11.8 Å². The number of hydrogen-bond acceptors (Lipinski definition) is 2. The molecule has 2 nitrogen and oxygen atoms in total. The van der Waals surface area contributed by atoms with Gasteiger partial charge in [-0.3, -0.25) is 0 Å². The van der Waals surface area contributed by atoms with Crippen LogP contribution in [-0.4, -0.2) is 11.1 Å². The van der Waals surface area contributed by atoms with Gasteiger partial charge in [0, 0.05) is 10.6 Å². The number of thioether (sulfide) groups is 1. The van der Waals surface area contributed by atoms with Gasteiger partial charge in [-0.1, -0.05) is 23.8 Å². The monoisotopic (exact) mass is 276 g/mol. The van der Waals surface area contributed by atoms with Crippen LogP contribution < -0.4 is 0 Å². The highest BCUT2D eigenvalue weighted by Gasteiger charge is 2.11. The zero-order valence-corrected chi connectivity index (χ0v) is 11.2. The number of rotatable bonds is 4. The van der Waals surface area contributed by atoms with Crippen molar-refractivity contribution in [1.82, 2.24) is 0 Å². The Kier molecular flexibility index (Phi) is 4.22. The number of carboxylic acids is 1. The van der Waals surface area contributed by atoms with Gasteiger partial charge in [-0.15, -0.1) is 11.8 Å². The summed E-state index contributed by atoms with van der Waals surface area (Å²) in [6, 6.07) is 11.9. The zero-order valence-electron chi connectivity index (χ0n) is 10.4. The molecule has 0 amide bonds. The van der Waals surface area contributed by atoms with Gasteiger partial charge in [0.05, 0.1) is 5.56 Å². The molecule has 0 aliphatic rings. The van der Waals surface area contributed by atoms with E-state index >= 15 is 0 Å². The van der Waals surface area contributed by atoms with Crippen LogP contribution in [0.1, 0.15) is 21.5 Å². The van der Waals surface area contributed by atoms with Gasteiger partial charge in [0.15, 0.2) is 0 Å². The maximum Gasteiger partial charge on any atom is 0.336 e. The van der Waals surface area contributed by atoms with E-state index in [4.69, 9.17) is 5.11 Å². The largest absolute Gasteiger partial charge is 0.478 e. The molecule has 0 radical (unpaired) electrons. The number of halogens is 1. The molecule has 19 heavy (non-hydrogen) atoms. The molecule has 0 atom stereocenters. The number of hydrogen-bond donors (Lipinski definition) is 1. The molecule has 0 heterocycles. The van der Waals surface area contributed by atoms with Gasteiger partial charge in [0.1, 0.15) is 5.82 Å². The Bertz CT molecular complexity index is 611. The molecule has 2 aromatic rings. The van der Waals surface area contributed by atoms with Crippen LogP contribution in [0.25, 0.3) is 0 Å². The lowest BCUT2D eigenvalue weighted by Crippen LogP contribution is -2.02. The molecule has 2 aromatic carbocycles. The van der Waals surface area contributed by atoms with Gasteiger partial charge in [-0.25, -0.2) is 9.18 Å². The van der Waals surface area contributed by atoms with Gasteiger partial charge in [0.2, 0.25) is 0 Å². The summed E-state index contributed by atoms with van der Waals surface area (Å²) in [5, 5.41) is 9.06. The van der Waals surface area contributed by atoms with Gasteiger partial charge >= 0.3 is 5.97 Å². The minimum absolute atomic E-state index is 0.0279. The Balaban J connectivity index is 2.17. The average molecular weight is 276 g/mol. The van der Waals surface area contributed by atoms with Crippen molar-refractivity contribution >= 4 is 17.7 Å². The highest BCUT2D eigenvalue weighted by Crippen LogP contribution is 2.25. The van der Waals surface area contributed by atoms with E-state index in [9.17, 15) is 9.18 Å². The number of aromatic carboxylic acids is 1. The number of benzene rings is 2. The molecule has 0 aliphatic heterocycles. The quantitative estimate of drug-likeness (QED) is 0.853. The fourth-order valence-electron chi connectivity index (χ4n) is 1.74. The first-order chi connectivity index (χ1) is 9.06. The molecular formula is C15H13FO2S. The second-order valence-electron chi connectivity index (χ2n) is 4.21. The third kappa shape index (κ3) is 3.58. The molecule has 0 aliphatic carbocycles. The Morgan fingerprint density at radius 3 is 2.74 bits per heavy atom. The van der Waals surface area contributed by atoms with Crippen molar-refractivity contribution in [3.8, 4) is 0 Å². The van der Waals surface area contributed by atoms with Crippen molar-refractivity contribution in [3.63, 3.8) is 0 Å². The Labute approximate surface area is 115 Å². The van der Waals surface area contributed by atoms with E-state index in [0.29, 0.717) is 11.3 Å². The first-order valence-corrected chi connectivity index (χ1v) is 6.76. The minimum atomic E-state index is -1.10. The number of carbonyl (C=O) groups is 1. The maximum atomic E-state index is 13.1. The minimum Gasteiger partial charge on any atom is -0.478 e. The Hall–Kier alpha value is -1.81. The van der Waals surface area contributed by atoms with Crippen molar-refractivity contribution in [3.05, 3.63) is 65.0 Å². The van der Waals surface area contributed by atoms with Crippen LogP contribution in [0.5, 0.6) is 0 Å². The summed E-state index contributed by atoms with van der Waals surface area (Å²) < 4.78 is 13.1. The van der Waals surface area contributed by atoms with Crippen LogP contribution in [0.4, 0.5) is 4.39 Å². The summed E-state index contributed by atoms with van der Waals surface area (Å²) in [4.78, 5) is 12.1. The van der Waals surface area contributed by atoms with Crippen LogP contribution in [0, 0.1) is 12.7 Å². The third-order valence-corrected chi connectivity index (χ3v) is 3.73. The predicted octanol–water partition coefficient (Wildman–Crippen LogP) is 4.12. The van der Waals surface area contributed by atoms with Crippen LogP contribution in [0.2, 0.25) is 0 Å². The maximum absolute atomic E-state index is 13.1. The lowest BCUT2D eigenvalue weighted by molar-refractivity contribution is 0.0695. The van der Waals surface area contributed by atoms with Crippen molar-refractivity contribution in [2.45, 2.75) is 17.6 Å². The number of aryl methyl sites for hydroxylation is 1. The Morgan fingerprint density at radius 2 is 2.05 bits per heavy atom. The molecule has 1 N–H and O–H groups in total. The van der Waals surface area contributed by atoms with Crippen LogP contribution >= 0.6 is 11.8 Å². The molecular weight excluding hydrogens is 263 g/mol. The van der Waals surface area contributed by atoms with E-state index in [2.05, 4.69) is 0 Å². The topological polar surface area (TPSA) is 37.3 Å². The van der Waals surface area contributed by atoms with Crippen molar-refractivity contribution in [2.75, 3.05) is 0 Å². The lowest BCUT2D eigenvalue weighted by Gasteiger charge is -2.06. The highest BCUT2D eigenvalue weighted by atomic mass is 32.2. The van der Waals surface area contributed by atoms with E-state index in [1.807, 2.05) is 31.2 Å². The van der Waals surface area contributed by atoms with Gasteiger partial charge < -0.3 is 5.11 Å². The number of carboxylic acid groups (broad SMARTS) is 1. The van der Waals surface area contributed by atoms with Gasteiger partial charge in [-0.2, -0.15) is 0 Å². The second kappa shape index (κ2) is 5.89. The highest BCUT2D eigenvalue weighted by molar-refractivity contribution is 7.98. The summed E-state index contributed by atoms with van der Waals surface area (Å²) in [6.45, 7) is 2.00. The van der Waals surface area contributed by atoms with Crippen molar-refractivity contribution in [1.29, 1.82) is 0 Å². The SMILES string of the molecule is Cc1cccc(SCc2ccc(F)cc2C(=O)O)c1. The van der Waals surface area contributed by atoms with Gasteiger partial charge in [-0.05, 0) is 36.8 Å². The van der Waals surface area contributed by atoms with Crippen molar-refractivity contribution in [2.24, 2.45) is 0 Å². The van der Waals surface area contributed by atoms with Crippen molar-refractivity contribution < 1.29 is 14.3 Å². The molecule has 0 saturated heterocycles. The molecule has 98 valence electrons. The molecule has 0 unspecified atom stereocenters. The van der Waals surface area contributed by atoms with E-state index in [1.54, 1.807) is 0 Å². The summed E-state index contributed by atoms with van der Waals surface area (Å²) >= 11 is 1.54. The molecule has 4 heteroatoms. The fraction of sp³-hybridized carbons (Fsp3) is 0.133. The molecule has 0 saturated carbocycles. The normalized spacial score (nSPS) is 10.4. The molecule has 0 fully saturated rings. The average Bonchev–Trinajstić information content (AvgIpc) is 2.37. The second-order valence-corrected chi connectivity index (χ2v) is 5.26. The van der Waals surface area contributed by atoms with E-state index in [-0.39, 0.29) is 5.56 Å². The summed E-state index contributed by atoms with van der Waals surface area (Å²) in [7, 11) is 0. The van der Waals surface area contributed by atoms with Crippen LogP contribution in [0.15, 0.2) is 47.4 Å². The third-order valence-electron chi connectivity index (χ3n) is 2.69. The first kappa shape index (κ1) is 13.6. The summed E-state index contributed by atoms with van der Waals surface area (Å²) in [5.41, 5.74) is 1.81. The molecule has 0 spiro atoms.